The van der Waals surface area contributed by atoms with Gasteiger partial charge in [0, 0.05) is 35.0 Å². The molecule has 2 aromatic rings. The van der Waals surface area contributed by atoms with Crippen molar-refractivity contribution in [3.05, 3.63) is 41.2 Å². The highest BCUT2D eigenvalue weighted by atomic mass is 32.2. The number of carbonyl (C=O) groups is 1. The van der Waals surface area contributed by atoms with Crippen LogP contribution in [0, 0.1) is 13.8 Å². The van der Waals surface area contributed by atoms with E-state index in [1.165, 1.54) is 11.8 Å². The second kappa shape index (κ2) is 7.98. The zero-order chi connectivity index (χ0) is 18.8. The van der Waals surface area contributed by atoms with Gasteiger partial charge in [0.1, 0.15) is 13.2 Å². The third-order valence-corrected chi connectivity index (χ3v) is 6.16. The molecular formula is C21H25NO4S. The minimum atomic E-state index is 0.154. The Hall–Kier alpha value is -1.92. The van der Waals surface area contributed by atoms with Gasteiger partial charge in [0.15, 0.2) is 17.3 Å². The zero-order valence-electron chi connectivity index (χ0n) is 15.8. The molecule has 0 bridgehead atoms. The number of fused-ring (bicyclic) bond motifs is 1. The van der Waals surface area contributed by atoms with E-state index in [4.69, 9.17) is 14.2 Å². The summed E-state index contributed by atoms with van der Waals surface area (Å²) in [6.45, 7) is 6.93. The van der Waals surface area contributed by atoms with Crippen LogP contribution in [0.3, 0.4) is 0 Å². The first kappa shape index (κ1) is 18.4. The quantitative estimate of drug-likeness (QED) is 0.553. The molecule has 0 amide bonds. The van der Waals surface area contributed by atoms with E-state index in [0.717, 1.165) is 59.3 Å². The SMILES string of the molecule is Cc1cc(C(=O)CSc2ccc3c(c2)OCCO3)c(C)n1CC1CCCO1. The van der Waals surface area contributed by atoms with Crippen molar-refractivity contribution < 1.29 is 19.0 Å². The Kier molecular flexibility index (Phi) is 5.45. The Morgan fingerprint density at radius 1 is 1.15 bits per heavy atom. The van der Waals surface area contributed by atoms with Gasteiger partial charge >= 0.3 is 0 Å². The lowest BCUT2D eigenvalue weighted by atomic mass is 10.2. The fourth-order valence-electron chi connectivity index (χ4n) is 3.70. The molecule has 1 fully saturated rings. The molecule has 0 spiro atoms. The van der Waals surface area contributed by atoms with Crippen molar-refractivity contribution in [1.29, 1.82) is 0 Å². The molecule has 1 atom stereocenters. The van der Waals surface area contributed by atoms with Gasteiger partial charge in [-0.2, -0.15) is 0 Å². The number of carbonyl (C=O) groups excluding carboxylic acids is 1. The summed E-state index contributed by atoms with van der Waals surface area (Å²) in [4.78, 5) is 13.8. The number of thioether (sulfide) groups is 1. The molecule has 144 valence electrons. The van der Waals surface area contributed by atoms with Crippen molar-refractivity contribution in [2.45, 2.75) is 44.2 Å². The Morgan fingerprint density at radius 2 is 1.96 bits per heavy atom. The van der Waals surface area contributed by atoms with Crippen molar-refractivity contribution in [3.8, 4) is 11.5 Å². The van der Waals surface area contributed by atoms with E-state index in [0.29, 0.717) is 19.0 Å². The van der Waals surface area contributed by atoms with Gasteiger partial charge in [-0.1, -0.05) is 0 Å². The highest BCUT2D eigenvalue weighted by molar-refractivity contribution is 8.00. The van der Waals surface area contributed by atoms with E-state index in [1.54, 1.807) is 0 Å². The van der Waals surface area contributed by atoms with Gasteiger partial charge in [-0.05, 0) is 51.0 Å². The van der Waals surface area contributed by atoms with Crippen molar-refractivity contribution in [1.82, 2.24) is 4.57 Å². The van der Waals surface area contributed by atoms with E-state index in [2.05, 4.69) is 11.5 Å². The molecule has 0 radical (unpaired) electrons. The van der Waals surface area contributed by atoms with Crippen LogP contribution in [0.15, 0.2) is 29.2 Å². The molecule has 1 aromatic heterocycles. The molecule has 2 aliphatic heterocycles. The molecule has 1 unspecified atom stereocenters. The lowest BCUT2D eigenvalue weighted by molar-refractivity contribution is 0.0957. The Bertz CT molecular complexity index is 839. The number of ether oxygens (including phenoxy) is 3. The van der Waals surface area contributed by atoms with Gasteiger partial charge in [-0.25, -0.2) is 0 Å². The third kappa shape index (κ3) is 4.01. The Morgan fingerprint density at radius 3 is 2.74 bits per heavy atom. The van der Waals surface area contributed by atoms with Gasteiger partial charge < -0.3 is 18.8 Å². The molecule has 2 aliphatic rings. The number of ketones is 1. The summed E-state index contributed by atoms with van der Waals surface area (Å²) in [5.41, 5.74) is 2.97. The van der Waals surface area contributed by atoms with Crippen LogP contribution in [-0.2, 0) is 11.3 Å². The number of hydrogen-bond donors (Lipinski definition) is 0. The second-order valence-electron chi connectivity index (χ2n) is 7.05. The molecule has 3 heterocycles. The standard InChI is InChI=1S/C21H25NO4S/c1-14-10-18(15(2)22(14)12-16-4-3-7-24-16)19(23)13-27-17-5-6-20-21(11-17)26-9-8-25-20/h5-6,10-11,16H,3-4,7-9,12-13H2,1-2H3. The second-order valence-corrected chi connectivity index (χ2v) is 8.10. The molecule has 27 heavy (non-hydrogen) atoms. The molecule has 1 saturated heterocycles. The van der Waals surface area contributed by atoms with Crippen LogP contribution in [0.1, 0.15) is 34.6 Å². The fraction of sp³-hybridized carbons (Fsp3) is 0.476. The number of aromatic nitrogens is 1. The number of hydrogen-bond acceptors (Lipinski definition) is 5. The maximum Gasteiger partial charge on any atom is 0.174 e. The van der Waals surface area contributed by atoms with Crippen LogP contribution >= 0.6 is 11.8 Å². The average Bonchev–Trinajstić information content (AvgIpc) is 3.30. The number of Topliss-reactive ketones (excluding diaryl/α,β-unsaturated/α-hetero) is 1. The molecule has 1 aromatic carbocycles. The summed E-state index contributed by atoms with van der Waals surface area (Å²) in [6.07, 6.45) is 2.49. The molecule has 6 heteroatoms. The molecule has 4 rings (SSSR count). The Balaban J connectivity index is 1.42. The van der Waals surface area contributed by atoms with Crippen molar-refractivity contribution in [2.24, 2.45) is 0 Å². The molecule has 5 nitrogen and oxygen atoms in total. The van der Waals surface area contributed by atoms with Crippen LogP contribution < -0.4 is 9.47 Å². The number of aryl methyl sites for hydroxylation is 1. The normalized spacial score (nSPS) is 18.7. The summed E-state index contributed by atoms with van der Waals surface area (Å²) in [7, 11) is 0. The minimum absolute atomic E-state index is 0.154. The summed E-state index contributed by atoms with van der Waals surface area (Å²) in [5, 5.41) is 0. The molecular weight excluding hydrogens is 362 g/mol. The van der Waals surface area contributed by atoms with Crippen molar-refractivity contribution in [2.75, 3.05) is 25.6 Å². The zero-order valence-corrected chi connectivity index (χ0v) is 16.6. The first-order chi connectivity index (χ1) is 13.1. The molecule has 0 saturated carbocycles. The maximum absolute atomic E-state index is 12.8. The van der Waals surface area contributed by atoms with Gasteiger partial charge in [0.25, 0.3) is 0 Å². The lowest BCUT2D eigenvalue weighted by Crippen LogP contribution is -2.17. The van der Waals surface area contributed by atoms with Crippen LogP contribution in [0.25, 0.3) is 0 Å². The highest BCUT2D eigenvalue weighted by Crippen LogP contribution is 2.34. The lowest BCUT2D eigenvalue weighted by Gasteiger charge is -2.18. The van der Waals surface area contributed by atoms with E-state index >= 15 is 0 Å². The van der Waals surface area contributed by atoms with Gasteiger partial charge in [0.2, 0.25) is 0 Å². The summed E-state index contributed by atoms with van der Waals surface area (Å²) in [5.74, 6) is 2.09. The predicted octanol–water partition coefficient (Wildman–Crippen LogP) is 4.03. The first-order valence-electron chi connectivity index (χ1n) is 9.46. The van der Waals surface area contributed by atoms with E-state index in [1.807, 2.05) is 31.2 Å². The smallest absolute Gasteiger partial charge is 0.174 e. The molecule has 0 N–H and O–H groups in total. The average molecular weight is 388 g/mol. The Labute approximate surface area is 164 Å². The first-order valence-corrected chi connectivity index (χ1v) is 10.4. The monoisotopic (exact) mass is 387 g/mol. The number of rotatable bonds is 6. The van der Waals surface area contributed by atoms with Crippen LogP contribution in [0.4, 0.5) is 0 Å². The van der Waals surface area contributed by atoms with Gasteiger partial charge in [-0.15, -0.1) is 11.8 Å². The minimum Gasteiger partial charge on any atom is -0.486 e. The third-order valence-electron chi connectivity index (χ3n) is 5.17. The van der Waals surface area contributed by atoms with Gasteiger partial charge in [0.05, 0.1) is 11.9 Å². The largest absolute Gasteiger partial charge is 0.486 e. The molecule has 0 aliphatic carbocycles. The number of nitrogens with zero attached hydrogens (tertiary/aromatic N) is 1. The van der Waals surface area contributed by atoms with Crippen LogP contribution in [-0.4, -0.2) is 42.0 Å². The summed E-state index contributed by atoms with van der Waals surface area (Å²) in [6, 6.07) is 7.85. The summed E-state index contributed by atoms with van der Waals surface area (Å²) >= 11 is 1.53. The van der Waals surface area contributed by atoms with E-state index in [-0.39, 0.29) is 11.9 Å². The summed E-state index contributed by atoms with van der Waals surface area (Å²) < 4.78 is 19.1. The van der Waals surface area contributed by atoms with Gasteiger partial charge in [-0.3, -0.25) is 4.79 Å². The predicted molar refractivity (Wildman–Crippen MR) is 105 cm³/mol. The van der Waals surface area contributed by atoms with Crippen LogP contribution in [0.5, 0.6) is 11.5 Å². The van der Waals surface area contributed by atoms with Crippen LogP contribution in [0.2, 0.25) is 0 Å². The highest BCUT2D eigenvalue weighted by Gasteiger charge is 2.21. The maximum atomic E-state index is 12.8. The topological polar surface area (TPSA) is 49.7 Å². The number of benzene rings is 1. The van der Waals surface area contributed by atoms with Crippen molar-refractivity contribution in [3.63, 3.8) is 0 Å². The van der Waals surface area contributed by atoms with E-state index in [9.17, 15) is 4.79 Å². The fourth-order valence-corrected chi connectivity index (χ4v) is 4.50. The van der Waals surface area contributed by atoms with E-state index < -0.39 is 0 Å². The van der Waals surface area contributed by atoms with Crippen molar-refractivity contribution >= 4 is 17.5 Å².